The average molecular weight is 571 g/mol. The van der Waals surface area contributed by atoms with Crippen LogP contribution in [0.4, 0.5) is 0 Å². The first kappa shape index (κ1) is 29.4. The SMILES string of the molecule is N#CC(C#N)=Cc1ccc(OP(=S)(Oc2ccc(C=C(C#N)C#N)cc2)Oc2ccc(C=C(C#N)C#N)cc2)cc1. The minimum atomic E-state index is -3.57. The summed E-state index contributed by atoms with van der Waals surface area (Å²) in [6.07, 6.45) is 4.27. The molecule has 0 aliphatic heterocycles. The number of hydrogen-bond acceptors (Lipinski definition) is 10. The normalized spacial score (nSPS) is 9.41. The van der Waals surface area contributed by atoms with Crippen LogP contribution in [0.15, 0.2) is 89.5 Å². The number of allylic oxidation sites excluding steroid dienone is 3. The van der Waals surface area contributed by atoms with Crippen molar-refractivity contribution < 1.29 is 13.6 Å². The van der Waals surface area contributed by atoms with Gasteiger partial charge in [-0.05, 0) is 71.3 Å². The molecule has 0 N–H and O–H groups in total. The number of hydrogen-bond donors (Lipinski definition) is 0. The lowest BCUT2D eigenvalue weighted by Gasteiger charge is -2.23. The summed E-state index contributed by atoms with van der Waals surface area (Å²) in [4.78, 5) is 0. The molecule has 41 heavy (non-hydrogen) atoms. The van der Waals surface area contributed by atoms with Gasteiger partial charge in [0.1, 0.15) is 70.4 Å². The average Bonchev–Trinajstić information content (AvgIpc) is 2.99. The van der Waals surface area contributed by atoms with E-state index >= 15 is 0 Å². The number of nitrogens with zero attached hydrogens (tertiary/aromatic N) is 6. The zero-order valence-corrected chi connectivity index (χ0v) is 22.6. The van der Waals surface area contributed by atoms with Crippen LogP contribution in [0.1, 0.15) is 16.7 Å². The van der Waals surface area contributed by atoms with Crippen LogP contribution < -0.4 is 13.6 Å². The molecular formula is C30H15N6O3PS. The highest BCUT2D eigenvalue weighted by atomic mass is 32.5. The van der Waals surface area contributed by atoms with Gasteiger partial charge in [-0.3, -0.25) is 0 Å². The third-order valence-corrected chi connectivity index (χ3v) is 6.92. The molecule has 0 spiro atoms. The Bertz CT molecular complexity index is 1570. The smallest absolute Gasteiger partial charge is 0.407 e. The molecule has 9 nitrogen and oxygen atoms in total. The van der Waals surface area contributed by atoms with E-state index in [2.05, 4.69) is 0 Å². The summed E-state index contributed by atoms with van der Waals surface area (Å²) in [6, 6.07) is 30.1. The van der Waals surface area contributed by atoms with Crippen LogP contribution >= 0.6 is 6.72 Å². The summed E-state index contributed by atoms with van der Waals surface area (Å²) in [5.41, 5.74) is 1.63. The van der Waals surface area contributed by atoms with Gasteiger partial charge >= 0.3 is 6.72 Å². The molecule has 0 saturated heterocycles. The Hall–Kier alpha value is -6.13. The molecule has 0 aliphatic carbocycles. The number of benzene rings is 3. The second-order valence-corrected chi connectivity index (χ2v) is 10.6. The molecule has 0 amide bonds. The molecule has 3 aromatic rings. The third-order valence-electron chi connectivity index (χ3n) is 4.95. The maximum absolute atomic E-state index is 8.97. The molecular weight excluding hydrogens is 555 g/mol. The monoisotopic (exact) mass is 570 g/mol. The first-order valence-electron chi connectivity index (χ1n) is 11.4. The minimum absolute atomic E-state index is 0.0552. The summed E-state index contributed by atoms with van der Waals surface area (Å²) >= 11 is 5.72. The fourth-order valence-electron chi connectivity index (χ4n) is 3.09. The Kier molecular flexibility index (Phi) is 10.1. The van der Waals surface area contributed by atoms with E-state index in [0.29, 0.717) is 33.9 Å². The van der Waals surface area contributed by atoms with Crippen molar-refractivity contribution in [3.63, 3.8) is 0 Å². The molecule has 194 valence electrons. The Morgan fingerprint density at radius 2 is 0.683 bits per heavy atom. The van der Waals surface area contributed by atoms with E-state index in [0.717, 1.165) is 0 Å². The Morgan fingerprint density at radius 1 is 0.463 bits per heavy atom. The number of nitriles is 6. The lowest BCUT2D eigenvalue weighted by molar-refractivity contribution is 0.384. The fourth-order valence-corrected chi connectivity index (χ4v) is 5.11. The van der Waals surface area contributed by atoms with Crippen molar-refractivity contribution in [1.29, 1.82) is 31.6 Å². The van der Waals surface area contributed by atoms with Crippen LogP contribution in [0.2, 0.25) is 0 Å². The predicted octanol–water partition coefficient (Wildman–Crippen LogP) is 6.74. The van der Waals surface area contributed by atoms with Crippen molar-refractivity contribution in [3.8, 4) is 53.7 Å². The number of rotatable bonds is 9. The molecule has 0 aliphatic rings. The standard InChI is InChI=1S/C30H15N6O3PS/c31-16-25(17-32)13-22-1-7-28(8-2-22)37-40(41,38-29-9-3-23(4-10-29)14-26(18-33)19-34)39-30-11-5-24(6-12-30)15-27(20-35)21-36/h1-15H. The fraction of sp³-hybridized carbons (Fsp3) is 0. The van der Waals surface area contributed by atoms with Gasteiger partial charge in [0, 0.05) is 11.8 Å². The molecule has 0 bridgehead atoms. The molecule has 0 saturated carbocycles. The quantitative estimate of drug-likeness (QED) is 0.198. The first-order chi connectivity index (χ1) is 19.8. The zero-order chi connectivity index (χ0) is 29.7. The van der Waals surface area contributed by atoms with Gasteiger partial charge in [0.05, 0.1) is 0 Å². The summed E-state index contributed by atoms with van der Waals surface area (Å²) in [5, 5.41) is 53.8. The van der Waals surface area contributed by atoms with Crippen LogP contribution in [0, 0.1) is 68.0 Å². The second-order valence-electron chi connectivity index (χ2n) is 7.77. The van der Waals surface area contributed by atoms with E-state index < -0.39 is 6.72 Å². The van der Waals surface area contributed by atoms with Crippen molar-refractivity contribution >= 4 is 36.8 Å². The van der Waals surface area contributed by atoms with Crippen molar-refractivity contribution in [2.45, 2.75) is 0 Å². The molecule has 0 radical (unpaired) electrons. The van der Waals surface area contributed by atoms with E-state index in [1.165, 1.54) is 18.2 Å². The van der Waals surface area contributed by atoms with Crippen molar-refractivity contribution in [2.24, 2.45) is 0 Å². The van der Waals surface area contributed by atoms with Gasteiger partial charge in [0.15, 0.2) is 0 Å². The summed E-state index contributed by atoms with van der Waals surface area (Å²) in [5.74, 6) is 0.918. The molecule has 3 aromatic carbocycles. The van der Waals surface area contributed by atoms with Gasteiger partial charge in [0.2, 0.25) is 0 Å². The van der Waals surface area contributed by atoms with Crippen LogP contribution in [0.3, 0.4) is 0 Å². The lowest BCUT2D eigenvalue weighted by Crippen LogP contribution is -2.07. The van der Waals surface area contributed by atoms with Crippen molar-refractivity contribution in [3.05, 3.63) is 106 Å². The predicted molar refractivity (Wildman–Crippen MR) is 153 cm³/mol. The van der Waals surface area contributed by atoms with E-state index in [4.69, 9.17) is 56.9 Å². The molecule has 0 fully saturated rings. The van der Waals surface area contributed by atoms with Gasteiger partial charge < -0.3 is 13.6 Å². The molecule has 0 unspecified atom stereocenters. The van der Waals surface area contributed by atoms with Gasteiger partial charge in [-0.25, -0.2) is 0 Å². The van der Waals surface area contributed by atoms with Crippen molar-refractivity contribution in [2.75, 3.05) is 0 Å². The van der Waals surface area contributed by atoms with E-state index in [1.807, 2.05) is 0 Å². The highest BCUT2D eigenvalue weighted by molar-refractivity contribution is 8.08. The largest absolute Gasteiger partial charge is 0.490 e. The zero-order valence-electron chi connectivity index (χ0n) is 20.9. The molecule has 11 heteroatoms. The topological polar surface area (TPSA) is 170 Å². The molecule has 0 atom stereocenters. The molecule has 0 heterocycles. The van der Waals surface area contributed by atoms with E-state index in [1.54, 1.807) is 109 Å². The Balaban J connectivity index is 1.92. The maximum Gasteiger partial charge on any atom is 0.490 e. The summed E-state index contributed by atoms with van der Waals surface area (Å²) in [6.45, 7) is -3.57. The van der Waals surface area contributed by atoms with Crippen LogP contribution in [0.25, 0.3) is 18.2 Å². The Morgan fingerprint density at radius 3 is 0.878 bits per heavy atom. The van der Waals surface area contributed by atoms with Crippen LogP contribution in [-0.2, 0) is 11.8 Å². The second kappa shape index (κ2) is 14.1. The van der Waals surface area contributed by atoms with Gasteiger partial charge in [-0.15, -0.1) is 0 Å². The maximum atomic E-state index is 8.97. The van der Waals surface area contributed by atoms with E-state index in [9.17, 15) is 0 Å². The van der Waals surface area contributed by atoms with E-state index in [-0.39, 0.29) is 16.7 Å². The highest BCUT2D eigenvalue weighted by Gasteiger charge is 2.27. The molecule has 3 rings (SSSR count). The minimum Gasteiger partial charge on any atom is -0.407 e. The van der Waals surface area contributed by atoms with Gasteiger partial charge in [-0.2, -0.15) is 31.6 Å². The summed E-state index contributed by atoms with van der Waals surface area (Å²) < 4.78 is 18.0. The van der Waals surface area contributed by atoms with Gasteiger partial charge in [0.25, 0.3) is 0 Å². The van der Waals surface area contributed by atoms with Crippen molar-refractivity contribution in [1.82, 2.24) is 0 Å². The van der Waals surface area contributed by atoms with Gasteiger partial charge in [-0.1, -0.05) is 36.4 Å². The molecule has 0 aromatic heterocycles. The van der Waals surface area contributed by atoms with Crippen LogP contribution in [0.5, 0.6) is 17.2 Å². The highest BCUT2D eigenvalue weighted by Crippen LogP contribution is 2.50. The first-order valence-corrected chi connectivity index (χ1v) is 13.9. The Labute approximate surface area is 241 Å². The van der Waals surface area contributed by atoms with Crippen LogP contribution in [-0.4, -0.2) is 0 Å². The summed E-state index contributed by atoms with van der Waals surface area (Å²) in [7, 11) is 0. The third kappa shape index (κ3) is 8.70. The lowest BCUT2D eigenvalue weighted by atomic mass is 10.1.